The van der Waals surface area contributed by atoms with E-state index >= 15 is 0 Å². The Balaban J connectivity index is 1.97. The first-order valence-electron chi connectivity index (χ1n) is 7.60. The zero-order valence-corrected chi connectivity index (χ0v) is 14.7. The standard InChI is InChI=1S/C18H21N3O2S/c1-12(2)19-18(24)21-20-17(22)9-5-13-4-6-15-11-16(23-3)8-7-14(15)10-13/h4-12H,1-3H3,(H,20,22)(H2,19,21,24)/b9-5+. The minimum absolute atomic E-state index is 0.202. The molecule has 6 heteroatoms. The Kier molecular flexibility index (Phi) is 6.14. The quantitative estimate of drug-likeness (QED) is 0.453. The highest BCUT2D eigenvalue weighted by Gasteiger charge is 2.00. The van der Waals surface area contributed by atoms with Gasteiger partial charge in [0.05, 0.1) is 7.11 Å². The molecule has 0 aromatic heterocycles. The first-order valence-corrected chi connectivity index (χ1v) is 8.01. The lowest BCUT2D eigenvalue weighted by Gasteiger charge is -2.12. The smallest absolute Gasteiger partial charge is 0.262 e. The van der Waals surface area contributed by atoms with Crippen LogP contribution in [0.3, 0.4) is 0 Å². The van der Waals surface area contributed by atoms with Gasteiger partial charge in [0, 0.05) is 12.1 Å². The van der Waals surface area contributed by atoms with Gasteiger partial charge in [0.1, 0.15) is 5.75 Å². The molecule has 0 bridgehead atoms. The Bertz CT molecular complexity index is 772. The van der Waals surface area contributed by atoms with E-state index in [1.807, 2.05) is 50.2 Å². The molecule has 0 atom stereocenters. The van der Waals surface area contributed by atoms with Crippen molar-refractivity contribution in [1.82, 2.24) is 16.2 Å². The number of benzene rings is 2. The number of hydrazine groups is 1. The molecule has 24 heavy (non-hydrogen) atoms. The molecular weight excluding hydrogens is 322 g/mol. The number of amides is 1. The van der Waals surface area contributed by atoms with Gasteiger partial charge in [0.25, 0.3) is 5.91 Å². The van der Waals surface area contributed by atoms with Gasteiger partial charge in [0.15, 0.2) is 5.11 Å². The van der Waals surface area contributed by atoms with E-state index in [4.69, 9.17) is 17.0 Å². The molecule has 0 saturated heterocycles. The average molecular weight is 343 g/mol. The normalized spacial score (nSPS) is 10.8. The fourth-order valence-corrected chi connectivity index (χ4v) is 2.39. The lowest BCUT2D eigenvalue weighted by atomic mass is 10.1. The van der Waals surface area contributed by atoms with E-state index < -0.39 is 0 Å². The molecule has 1 amide bonds. The fraction of sp³-hybridized carbons (Fsp3) is 0.222. The van der Waals surface area contributed by atoms with Crippen molar-refractivity contribution in [2.75, 3.05) is 7.11 Å². The van der Waals surface area contributed by atoms with Crippen LogP contribution in [-0.2, 0) is 4.79 Å². The highest BCUT2D eigenvalue weighted by atomic mass is 32.1. The monoisotopic (exact) mass is 343 g/mol. The van der Waals surface area contributed by atoms with Gasteiger partial charge < -0.3 is 10.1 Å². The van der Waals surface area contributed by atoms with Crippen LogP contribution in [0.5, 0.6) is 5.75 Å². The molecule has 2 rings (SSSR count). The van der Waals surface area contributed by atoms with Crippen molar-refractivity contribution in [3.8, 4) is 5.75 Å². The van der Waals surface area contributed by atoms with Gasteiger partial charge >= 0.3 is 0 Å². The molecule has 0 unspecified atom stereocenters. The zero-order valence-electron chi connectivity index (χ0n) is 13.9. The molecule has 0 heterocycles. The van der Waals surface area contributed by atoms with Gasteiger partial charge in [-0.15, -0.1) is 0 Å². The number of hydrogen-bond acceptors (Lipinski definition) is 3. The SMILES string of the molecule is COc1ccc2cc(/C=C/C(=O)NNC(=S)NC(C)C)ccc2c1. The largest absolute Gasteiger partial charge is 0.497 e. The van der Waals surface area contributed by atoms with Crippen LogP contribution in [-0.4, -0.2) is 24.2 Å². The van der Waals surface area contributed by atoms with Crippen molar-refractivity contribution in [2.45, 2.75) is 19.9 Å². The number of methoxy groups -OCH3 is 1. The second kappa shape index (κ2) is 8.31. The highest BCUT2D eigenvalue weighted by Crippen LogP contribution is 2.22. The van der Waals surface area contributed by atoms with E-state index in [9.17, 15) is 4.79 Å². The van der Waals surface area contributed by atoms with Crippen molar-refractivity contribution in [1.29, 1.82) is 0 Å². The second-order valence-electron chi connectivity index (χ2n) is 5.55. The van der Waals surface area contributed by atoms with Crippen LogP contribution in [0.15, 0.2) is 42.5 Å². The third-order valence-corrected chi connectivity index (χ3v) is 3.44. The maximum absolute atomic E-state index is 11.8. The fourth-order valence-electron chi connectivity index (χ4n) is 2.10. The lowest BCUT2D eigenvalue weighted by Crippen LogP contribution is -2.48. The average Bonchev–Trinajstić information content (AvgIpc) is 2.56. The van der Waals surface area contributed by atoms with Gasteiger partial charge in [-0.25, -0.2) is 0 Å². The minimum atomic E-state index is -0.280. The molecule has 0 aliphatic carbocycles. The van der Waals surface area contributed by atoms with Gasteiger partial charge in [-0.3, -0.25) is 15.6 Å². The third kappa shape index (κ3) is 5.24. The van der Waals surface area contributed by atoms with E-state index in [-0.39, 0.29) is 11.9 Å². The van der Waals surface area contributed by atoms with E-state index in [0.29, 0.717) is 5.11 Å². The molecule has 3 N–H and O–H groups in total. The Morgan fingerprint density at radius 1 is 1.12 bits per heavy atom. The zero-order chi connectivity index (χ0) is 17.5. The number of nitrogens with one attached hydrogen (secondary N) is 3. The third-order valence-electron chi connectivity index (χ3n) is 3.22. The molecule has 0 aliphatic heterocycles. The first-order chi connectivity index (χ1) is 11.5. The van der Waals surface area contributed by atoms with Gasteiger partial charge in [-0.1, -0.05) is 18.2 Å². The minimum Gasteiger partial charge on any atom is -0.497 e. The number of thiocarbonyl (C=S) groups is 1. The van der Waals surface area contributed by atoms with E-state index in [0.717, 1.165) is 22.1 Å². The van der Waals surface area contributed by atoms with Gasteiger partial charge in [-0.2, -0.15) is 0 Å². The summed E-state index contributed by atoms with van der Waals surface area (Å²) >= 11 is 5.03. The number of hydrogen-bond donors (Lipinski definition) is 3. The molecule has 0 spiro atoms. The summed E-state index contributed by atoms with van der Waals surface area (Å²) in [5.74, 6) is 0.542. The first kappa shape index (κ1) is 17.7. The van der Waals surface area contributed by atoms with Crippen molar-refractivity contribution in [3.63, 3.8) is 0 Å². The predicted molar refractivity (Wildman–Crippen MR) is 102 cm³/mol. The highest BCUT2D eigenvalue weighted by molar-refractivity contribution is 7.80. The summed E-state index contributed by atoms with van der Waals surface area (Å²) in [6, 6.07) is 12.0. The molecule has 0 aliphatic rings. The van der Waals surface area contributed by atoms with Crippen molar-refractivity contribution in [2.24, 2.45) is 0 Å². The lowest BCUT2D eigenvalue weighted by molar-refractivity contribution is -0.116. The van der Waals surface area contributed by atoms with Gasteiger partial charge in [0.2, 0.25) is 0 Å². The van der Waals surface area contributed by atoms with Crippen LogP contribution < -0.4 is 20.9 Å². The van der Waals surface area contributed by atoms with Crippen molar-refractivity contribution in [3.05, 3.63) is 48.0 Å². The summed E-state index contributed by atoms with van der Waals surface area (Å²) in [6.07, 6.45) is 3.20. The summed E-state index contributed by atoms with van der Waals surface area (Å²) in [6.45, 7) is 3.93. The Morgan fingerprint density at radius 3 is 2.54 bits per heavy atom. The molecule has 0 radical (unpaired) electrons. The van der Waals surface area contributed by atoms with Crippen LogP contribution in [0.4, 0.5) is 0 Å². The van der Waals surface area contributed by atoms with Crippen LogP contribution in [0, 0.1) is 0 Å². The second-order valence-corrected chi connectivity index (χ2v) is 5.96. The number of rotatable bonds is 4. The van der Waals surface area contributed by atoms with Crippen LogP contribution >= 0.6 is 12.2 Å². The topological polar surface area (TPSA) is 62.4 Å². The maximum Gasteiger partial charge on any atom is 0.262 e. The number of fused-ring (bicyclic) bond motifs is 1. The molecule has 0 saturated carbocycles. The predicted octanol–water partition coefficient (Wildman–Crippen LogP) is 2.77. The van der Waals surface area contributed by atoms with E-state index in [2.05, 4.69) is 16.2 Å². The Morgan fingerprint density at radius 2 is 1.83 bits per heavy atom. The number of carbonyl (C=O) groups is 1. The summed E-state index contributed by atoms with van der Waals surface area (Å²) < 4.78 is 5.21. The molecule has 0 fully saturated rings. The van der Waals surface area contributed by atoms with E-state index in [1.54, 1.807) is 13.2 Å². The maximum atomic E-state index is 11.8. The summed E-state index contributed by atoms with van der Waals surface area (Å²) in [4.78, 5) is 11.8. The van der Waals surface area contributed by atoms with Crippen molar-refractivity contribution >= 4 is 40.1 Å². The van der Waals surface area contributed by atoms with Crippen LogP contribution in [0.1, 0.15) is 19.4 Å². The molecule has 2 aromatic rings. The molecular formula is C18H21N3O2S. The summed E-state index contributed by atoms with van der Waals surface area (Å²) in [5, 5.41) is 5.52. The van der Waals surface area contributed by atoms with Gasteiger partial charge in [-0.05, 0) is 66.7 Å². The van der Waals surface area contributed by atoms with Crippen molar-refractivity contribution < 1.29 is 9.53 Å². The summed E-state index contributed by atoms with van der Waals surface area (Å²) in [5.41, 5.74) is 6.10. The Labute approximate surface area is 147 Å². The Hall–Kier alpha value is -2.60. The summed E-state index contributed by atoms with van der Waals surface area (Å²) in [7, 11) is 1.65. The number of ether oxygens (including phenoxy) is 1. The molecule has 2 aromatic carbocycles. The molecule has 126 valence electrons. The van der Waals surface area contributed by atoms with Crippen LogP contribution in [0.2, 0.25) is 0 Å². The van der Waals surface area contributed by atoms with Crippen LogP contribution in [0.25, 0.3) is 16.8 Å². The molecule has 5 nitrogen and oxygen atoms in total. The number of carbonyl (C=O) groups excluding carboxylic acids is 1. The van der Waals surface area contributed by atoms with E-state index in [1.165, 1.54) is 6.08 Å².